The van der Waals surface area contributed by atoms with Crippen molar-refractivity contribution in [1.29, 1.82) is 0 Å². The van der Waals surface area contributed by atoms with Crippen molar-refractivity contribution in [3.05, 3.63) is 66.5 Å². The third kappa shape index (κ3) is 5.62. The predicted molar refractivity (Wildman–Crippen MR) is 147 cm³/mol. The van der Waals surface area contributed by atoms with Gasteiger partial charge in [0.1, 0.15) is 5.69 Å². The molecule has 200 valence electrons. The lowest BCUT2D eigenvalue weighted by Gasteiger charge is -2.33. The molecule has 10 nitrogen and oxygen atoms in total. The number of nitro groups is 1. The first-order valence-electron chi connectivity index (χ1n) is 12.0. The molecule has 38 heavy (non-hydrogen) atoms. The second-order valence-corrected chi connectivity index (χ2v) is 10.7. The highest BCUT2D eigenvalue weighted by Gasteiger charge is 2.36. The average Bonchev–Trinajstić information content (AvgIpc) is 3.18. The second-order valence-electron chi connectivity index (χ2n) is 8.87. The molecule has 2 aromatic rings. The van der Waals surface area contributed by atoms with Crippen LogP contribution < -0.4 is 9.80 Å². The minimum absolute atomic E-state index is 0.0331. The molecule has 0 N–H and O–H groups in total. The Balaban J connectivity index is 1.51. The van der Waals surface area contributed by atoms with E-state index >= 15 is 0 Å². The van der Waals surface area contributed by atoms with Crippen LogP contribution in [0.1, 0.15) is 11.1 Å². The first-order chi connectivity index (χ1) is 18.3. The molecule has 3 fully saturated rings. The highest BCUT2D eigenvalue weighted by molar-refractivity contribution is 8.18. The molecule has 3 saturated heterocycles. The summed E-state index contributed by atoms with van der Waals surface area (Å²) in [6.07, 6.45) is 1.57. The van der Waals surface area contributed by atoms with Crippen LogP contribution in [0.2, 0.25) is 10.0 Å². The molecule has 0 saturated carbocycles. The van der Waals surface area contributed by atoms with Crippen molar-refractivity contribution in [2.75, 3.05) is 62.4 Å². The molecule has 3 aliphatic heterocycles. The maximum Gasteiger partial charge on any atom is 0.293 e. The van der Waals surface area contributed by atoms with Crippen LogP contribution >= 0.6 is 35.0 Å². The number of hydrogen-bond donors (Lipinski definition) is 0. The summed E-state index contributed by atoms with van der Waals surface area (Å²) in [6, 6.07) is 8.22. The van der Waals surface area contributed by atoms with Crippen LogP contribution in [0, 0.1) is 10.1 Å². The molecule has 0 atom stereocenters. The zero-order valence-corrected chi connectivity index (χ0v) is 22.6. The van der Waals surface area contributed by atoms with Crippen LogP contribution in [0.3, 0.4) is 0 Å². The van der Waals surface area contributed by atoms with Gasteiger partial charge in [-0.15, -0.1) is 0 Å². The van der Waals surface area contributed by atoms with E-state index < -0.39 is 16.1 Å². The van der Waals surface area contributed by atoms with Gasteiger partial charge in [-0.25, -0.2) is 0 Å². The Morgan fingerprint density at radius 3 is 2.16 bits per heavy atom. The topological polar surface area (TPSA) is 105 Å². The van der Waals surface area contributed by atoms with E-state index in [1.165, 1.54) is 6.07 Å². The fraction of sp³-hybridized carbons (Fsp3) is 0.360. The molecule has 13 heteroatoms. The number of ether oxygens (including phenoxy) is 2. The number of halogens is 2. The molecule has 0 unspecified atom stereocenters. The summed E-state index contributed by atoms with van der Waals surface area (Å²) in [5, 5.41) is 12.4. The van der Waals surface area contributed by atoms with Crippen molar-refractivity contribution in [1.82, 2.24) is 4.90 Å². The zero-order valence-electron chi connectivity index (χ0n) is 20.2. The minimum Gasteiger partial charge on any atom is -0.378 e. The van der Waals surface area contributed by atoms with Crippen LogP contribution in [0.4, 0.5) is 21.9 Å². The third-order valence-electron chi connectivity index (χ3n) is 6.51. The van der Waals surface area contributed by atoms with E-state index in [2.05, 4.69) is 4.90 Å². The van der Waals surface area contributed by atoms with Crippen molar-refractivity contribution in [3.63, 3.8) is 0 Å². The Kier molecular flexibility index (Phi) is 8.10. The fourth-order valence-corrected chi connectivity index (χ4v) is 5.73. The molecular weight excluding hydrogens is 555 g/mol. The van der Waals surface area contributed by atoms with Gasteiger partial charge in [-0.05, 0) is 41.6 Å². The van der Waals surface area contributed by atoms with Gasteiger partial charge in [-0.2, -0.15) is 0 Å². The van der Waals surface area contributed by atoms with Crippen molar-refractivity contribution in [2.45, 2.75) is 6.54 Å². The highest BCUT2D eigenvalue weighted by Crippen LogP contribution is 2.40. The van der Waals surface area contributed by atoms with Gasteiger partial charge in [0, 0.05) is 43.5 Å². The molecule has 5 rings (SSSR count). The van der Waals surface area contributed by atoms with Crippen molar-refractivity contribution < 1.29 is 24.0 Å². The summed E-state index contributed by atoms with van der Waals surface area (Å²) in [7, 11) is 0. The lowest BCUT2D eigenvalue weighted by molar-refractivity contribution is -0.384. The lowest BCUT2D eigenvalue weighted by Crippen LogP contribution is -2.38. The monoisotopic (exact) mass is 578 g/mol. The van der Waals surface area contributed by atoms with Crippen LogP contribution in [0.15, 0.2) is 35.2 Å². The Labute approximate surface area is 233 Å². The van der Waals surface area contributed by atoms with Gasteiger partial charge in [0.15, 0.2) is 0 Å². The molecule has 0 bridgehead atoms. The summed E-state index contributed by atoms with van der Waals surface area (Å²) < 4.78 is 10.9. The largest absolute Gasteiger partial charge is 0.378 e. The number of carbonyl (C=O) groups is 2. The molecule has 3 aliphatic rings. The summed E-state index contributed by atoms with van der Waals surface area (Å²) in [4.78, 5) is 43.1. The van der Waals surface area contributed by atoms with Gasteiger partial charge in [0.05, 0.1) is 52.8 Å². The van der Waals surface area contributed by atoms with Crippen molar-refractivity contribution in [3.8, 4) is 0 Å². The molecule has 0 aromatic heterocycles. The summed E-state index contributed by atoms with van der Waals surface area (Å²) in [6.45, 7) is 4.31. The van der Waals surface area contributed by atoms with E-state index in [1.54, 1.807) is 30.3 Å². The van der Waals surface area contributed by atoms with Crippen molar-refractivity contribution in [2.24, 2.45) is 0 Å². The second kappa shape index (κ2) is 11.5. The van der Waals surface area contributed by atoms with Crippen LogP contribution in [0.25, 0.3) is 6.08 Å². The maximum absolute atomic E-state index is 13.3. The predicted octanol–water partition coefficient (Wildman–Crippen LogP) is 4.81. The van der Waals surface area contributed by atoms with Gasteiger partial charge in [-0.3, -0.25) is 24.6 Å². The van der Waals surface area contributed by atoms with Crippen LogP contribution in [-0.4, -0.2) is 73.6 Å². The molecule has 3 heterocycles. The number of nitro benzene ring substituents is 1. The van der Waals surface area contributed by atoms with Gasteiger partial charge >= 0.3 is 0 Å². The van der Waals surface area contributed by atoms with Gasteiger partial charge < -0.3 is 19.3 Å². The highest BCUT2D eigenvalue weighted by atomic mass is 35.5. The molecule has 0 radical (unpaired) electrons. The number of thioether (sulfide) groups is 1. The quantitative estimate of drug-likeness (QED) is 0.271. The van der Waals surface area contributed by atoms with Gasteiger partial charge in [-0.1, -0.05) is 29.3 Å². The summed E-state index contributed by atoms with van der Waals surface area (Å²) in [5.41, 5.74) is 2.34. The number of nitrogens with zero attached hydrogens (tertiary/aromatic N) is 4. The average molecular weight is 579 g/mol. The number of hydrogen-bond acceptors (Lipinski definition) is 9. The first-order valence-corrected chi connectivity index (χ1v) is 13.6. The number of carbonyl (C=O) groups excluding carboxylic acids is 2. The number of benzene rings is 2. The standard InChI is InChI=1S/C25H24Cl2N4O6S/c26-18-2-1-16(11-19(18)27)15-30-24(32)23(38-25(30)33)13-17-12-22(31(34)35)21(29-5-9-37-10-6-29)14-20(17)28-3-7-36-8-4-28/h1-2,11-14H,3-10,15H2/b23-13-. The Bertz CT molecular complexity index is 1310. The Morgan fingerprint density at radius 2 is 1.55 bits per heavy atom. The summed E-state index contributed by atoms with van der Waals surface area (Å²) >= 11 is 12.9. The van der Waals surface area contributed by atoms with Gasteiger partial charge in [0.2, 0.25) is 0 Å². The first kappa shape index (κ1) is 26.8. The third-order valence-corrected chi connectivity index (χ3v) is 8.16. The van der Waals surface area contributed by atoms with Crippen LogP contribution in [0.5, 0.6) is 0 Å². The number of rotatable bonds is 6. The molecular formula is C25H24Cl2N4O6S. The Hall–Kier alpha value is -2.83. The Morgan fingerprint density at radius 1 is 0.921 bits per heavy atom. The van der Waals surface area contributed by atoms with Crippen molar-refractivity contribution >= 4 is 69.2 Å². The van der Waals surface area contributed by atoms with E-state index in [4.69, 9.17) is 32.7 Å². The zero-order chi connectivity index (χ0) is 26.8. The van der Waals surface area contributed by atoms with Crippen LogP contribution in [-0.2, 0) is 20.8 Å². The normalized spacial score (nSPS) is 19.5. The summed E-state index contributed by atoms with van der Waals surface area (Å²) in [5.74, 6) is -0.473. The van der Waals surface area contributed by atoms with E-state index in [0.717, 1.165) is 22.3 Å². The molecule has 2 amide bonds. The number of morpholine rings is 2. The van der Waals surface area contributed by atoms with E-state index in [0.29, 0.717) is 79.5 Å². The SMILES string of the molecule is O=C1S/C(=C\c2cc([N+](=O)[O-])c(N3CCOCC3)cc2N2CCOCC2)C(=O)N1Cc1ccc(Cl)c(Cl)c1. The number of amides is 2. The van der Waals surface area contributed by atoms with Gasteiger partial charge in [0.25, 0.3) is 16.8 Å². The maximum atomic E-state index is 13.3. The number of anilines is 2. The molecule has 0 spiro atoms. The van der Waals surface area contributed by atoms with E-state index in [1.807, 2.05) is 4.90 Å². The van der Waals surface area contributed by atoms with E-state index in [9.17, 15) is 19.7 Å². The van der Waals surface area contributed by atoms with E-state index in [-0.39, 0.29) is 17.1 Å². The molecule has 0 aliphatic carbocycles. The minimum atomic E-state index is -0.473. The number of imide groups is 1. The molecule has 2 aromatic carbocycles. The fourth-order valence-electron chi connectivity index (χ4n) is 4.58. The lowest BCUT2D eigenvalue weighted by atomic mass is 10.1. The smallest absolute Gasteiger partial charge is 0.293 e.